The summed E-state index contributed by atoms with van der Waals surface area (Å²) in [6.07, 6.45) is -0.101. The number of phenolic OH excluding ortho intramolecular Hbond substituents is 1. The Hall–Kier alpha value is -3.67. The molecule has 1 aromatic rings. The number of primary amides is 1. The SMILES string of the molecule is CC(C)CC(N)C(=O)NC(C(=O)NC(Cc1ccc(O)cc1)C(=O)NC(CCC(N)=O)C(=O)O)C(C)C. The molecule has 0 aliphatic heterocycles. The molecular formula is C25H39N5O7. The summed E-state index contributed by atoms with van der Waals surface area (Å²) in [6, 6.07) is 1.46. The molecule has 1 rings (SSSR count). The number of nitrogens with two attached hydrogens (primary N) is 2. The van der Waals surface area contributed by atoms with Gasteiger partial charge in [-0.25, -0.2) is 4.79 Å². The predicted octanol–water partition coefficient (Wildman–Crippen LogP) is -0.231. The van der Waals surface area contributed by atoms with E-state index >= 15 is 0 Å². The topological polar surface area (TPSA) is 214 Å². The Morgan fingerprint density at radius 1 is 0.865 bits per heavy atom. The summed E-state index contributed by atoms with van der Waals surface area (Å²) in [6.45, 7) is 7.27. The van der Waals surface area contributed by atoms with Gasteiger partial charge in [0.2, 0.25) is 23.6 Å². The summed E-state index contributed by atoms with van der Waals surface area (Å²) in [5, 5.41) is 26.6. The standard InChI is InChI=1S/C25H39N5O7/c1-13(2)11-17(26)22(33)30-21(14(3)4)24(35)29-19(12-15-5-7-16(31)8-6-15)23(34)28-18(25(36)37)9-10-20(27)32/h5-8,13-14,17-19,21,31H,9-12,26H2,1-4H3,(H2,27,32)(H,28,34)(H,29,35)(H,30,33)(H,36,37). The number of hydrogen-bond donors (Lipinski definition) is 7. The van der Waals surface area contributed by atoms with E-state index < -0.39 is 53.8 Å². The normalized spacial score (nSPS) is 14.4. The third-order valence-electron chi connectivity index (χ3n) is 5.61. The van der Waals surface area contributed by atoms with Crippen LogP contribution in [-0.2, 0) is 30.4 Å². The van der Waals surface area contributed by atoms with Crippen LogP contribution >= 0.6 is 0 Å². The molecule has 1 aromatic carbocycles. The summed E-state index contributed by atoms with van der Waals surface area (Å²) < 4.78 is 0. The van der Waals surface area contributed by atoms with Crippen LogP contribution in [0.3, 0.4) is 0 Å². The minimum absolute atomic E-state index is 0.00602. The highest BCUT2D eigenvalue weighted by Gasteiger charge is 2.32. The van der Waals surface area contributed by atoms with Crippen LogP contribution in [0.25, 0.3) is 0 Å². The third-order valence-corrected chi connectivity index (χ3v) is 5.61. The maximum atomic E-state index is 13.2. The minimum atomic E-state index is -1.41. The first-order valence-electron chi connectivity index (χ1n) is 12.2. The molecule has 4 amide bonds. The Labute approximate surface area is 216 Å². The van der Waals surface area contributed by atoms with Crippen LogP contribution in [0.4, 0.5) is 0 Å². The zero-order valence-electron chi connectivity index (χ0n) is 21.7. The van der Waals surface area contributed by atoms with Crippen molar-refractivity contribution in [3.63, 3.8) is 0 Å². The number of nitrogens with one attached hydrogen (secondary N) is 3. The van der Waals surface area contributed by atoms with Gasteiger partial charge in [0.25, 0.3) is 0 Å². The zero-order chi connectivity index (χ0) is 28.3. The van der Waals surface area contributed by atoms with Gasteiger partial charge in [-0.05, 0) is 42.4 Å². The molecule has 9 N–H and O–H groups in total. The van der Waals surface area contributed by atoms with Crippen molar-refractivity contribution >= 4 is 29.6 Å². The molecule has 12 nitrogen and oxygen atoms in total. The van der Waals surface area contributed by atoms with E-state index in [0.29, 0.717) is 12.0 Å². The van der Waals surface area contributed by atoms with E-state index in [9.17, 15) is 34.2 Å². The summed E-state index contributed by atoms with van der Waals surface area (Å²) in [4.78, 5) is 61.5. The van der Waals surface area contributed by atoms with E-state index in [1.165, 1.54) is 12.1 Å². The first-order valence-corrected chi connectivity index (χ1v) is 12.2. The van der Waals surface area contributed by atoms with Gasteiger partial charge in [0.15, 0.2) is 0 Å². The van der Waals surface area contributed by atoms with Crippen LogP contribution in [0.1, 0.15) is 52.5 Å². The van der Waals surface area contributed by atoms with Crippen LogP contribution in [0.15, 0.2) is 24.3 Å². The Balaban J connectivity index is 3.13. The molecule has 0 saturated carbocycles. The summed E-state index contributed by atoms with van der Waals surface area (Å²) in [7, 11) is 0. The molecule has 0 aromatic heterocycles. The van der Waals surface area contributed by atoms with Gasteiger partial charge in [-0.15, -0.1) is 0 Å². The molecule has 0 heterocycles. The second-order valence-electron chi connectivity index (χ2n) is 9.80. The minimum Gasteiger partial charge on any atom is -0.508 e. The van der Waals surface area contributed by atoms with Gasteiger partial charge in [0.1, 0.15) is 23.9 Å². The van der Waals surface area contributed by atoms with Gasteiger partial charge >= 0.3 is 5.97 Å². The van der Waals surface area contributed by atoms with Crippen LogP contribution in [0, 0.1) is 11.8 Å². The summed E-state index contributed by atoms with van der Waals surface area (Å²) in [5.41, 5.74) is 11.6. The van der Waals surface area contributed by atoms with E-state index in [4.69, 9.17) is 11.5 Å². The first-order chi connectivity index (χ1) is 17.2. The number of aliphatic carboxylic acids is 1. The lowest BCUT2D eigenvalue weighted by atomic mass is 9.99. The Morgan fingerprint density at radius 2 is 1.43 bits per heavy atom. The highest BCUT2D eigenvalue weighted by molar-refractivity contribution is 5.94. The first kappa shape index (κ1) is 31.4. The van der Waals surface area contributed by atoms with E-state index in [1.54, 1.807) is 26.0 Å². The molecule has 4 atom stereocenters. The quantitative estimate of drug-likeness (QED) is 0.163. The molecule has 0 fully saturated rings. The van der Waals surface area contributed by atoms with Crippen LogP contribution in [0.2, 0.25) is 0 Å². The number of phenols is 1. The fourth-order valence-corrected chi connectivity index (χ4v) is 3.56. The molecule has 0 aliphatic carbocycles. The average molecular weight is 522 g/mol. The maximum Gasteiger partial charge on any atom is 0.326 e. The third kappa shape index (κ3) is 11.3. The number of aromatic hydroxyl groups is 1. The van der Waals surface area contributed by atoms with Crippen molar-refractivity contribution < 1.29 is 34.2 Å². The van der Waals surface area contributed by atoms with Crippen LogP contribution in [0.5, 0.6) is 5.75 Å². The number of carbonyl (C=O) groups is 5. The molecule has 0 radical (unpaired) electrons. The molecule has 4 unspecified atom stereocenters. The number of carboxylic acid groups (broad SMARTS) is 1. The highest BCUT2D eigenvalue weighted by atomic mass is 16.4. The highest BCUT2D eigenvalue weighted by Crippen LogP contribution is 2.13. The molecule has 12 heteroatoms. The lowest BCUT2D eigenvalue weighted by Gasteiger charge is -2.27. The number of benzene rings is 1. The molecule has 0 saturated heterocycles. The smallest absolute Gasteiger partial charge is 0.326 e. The number of carbonyl (C=O) groups excluding carboxylic acids is 4. The number of rotatable bonds is 15. The van der Waals surface area contributed by atoms with Gasteiger partial charge in [0.05, 0.1) is 6.04 Å². The van der Waals surface area contributed by atoms with Crippen molar-refractivity contribution in [1.29, 1.82) is 0 Å². The van der Waals surface area contributed by atoms with Crippen molar-refractivity contribution in [1.82, 2.24) is 16.0 Å². The van der Waals surface area contributed by atoms with Gasteiger partial charge in [-0.2, -0.15) is 0 Å². The van der Waals surface area contributed by atoms with E-state index in [-0.39, 0.29) is 36.8 Å². The van der Waals surface area contributed by atoms with E-state index in [0.717, 1.165) is 0 Å². The predicted molar refractivity (Wildman–Crippen MR) is 136 cm³/mol. The van der Waals surface area contributed by atoms with Crippen LogP contribution in [-0.4, -0.2) is 64.0 Å². The van der Waals surface area contributed by atoms with Crippen molar-refractivity contribution in [3.05, 3.63) is 29.8 Å². The largest absolute Gasteiger partial charge is 0.508 e. The monoisotopic (exact) mass is 521 g/mol. The van der Waals surface area contributed by atoms with Gasteiger partial charge < -0.3 is 37.6 Å². The lowest BCUT2D eigenvalue weighted by Crippen LogP contribution is -2.59. The van der Waals surface area contributed by atoms with Crippen molar-refractivity contribution in [2.75, 3.05) is 0 Å². The Morgan fingerprint density at radius 3 is 1.92 bits per heavy atom. The molecule has 0 bridgehead atoms. The Kier molecular flexibility index (Phi) is 12.5. The molecular weight excluding hydrogens is 482 g/mol. The maximum absolute atomic E-state index is 13.2. The summed E-state index contributed by atoms with van der Waals surface area (Å²) >= 11 is 0. The lowest BCUT2D eigenvalue weighted by molar-refractivity contribution is -0.142. The van der Waals surface area contributed by atoms with Crippen molar-refractivity contribution in [2.45, 2.75) is 77.5 Å². The number of amides is 4. The zero-order valence-corrected chi connectivity index (χ0v) is 21.7. The van der Waals surface area contributed by atoms with Gasteiger partial charge in [-0.1, -0.05) is 39.8 Å². The van der Waals surface area contributed by atoms with E-state index in [2.05, 4.69) is 16.0 Å². The molecule has 0 spiro atoms. The van der Waals surface area contributed by atoms with Crippen LogP contribution < -0.4 is 27.4 Å². The fourth-order valence-electron chi connectivity index (χ4n) is 3.56. The van der Waals surface area contributed by atoms with E-state index in [1.807, 2.05) is 13.8 Å². The molecule has 37 heavy (non-hydrogen) atoms. The molecule has 0 aliphatic rings. The number of carboxylic acids is 1. The number of hydrogen-bond acceptors (Lipinski definition) is 7. The van der Waals surface area contributed by atoms with Gasteiger partial charge in [0, 0.05) is 12.8 Å². The van der Waals surface area contributed by atoms with Crippen molar-refractivity contribution in [3.8, 4) is 5.75 Å². The Bertz CT molecular complexity index is 949. The second kappa shape index (κ2) is 14.8. The van der Waals surface area contributed by atoms with Gasteiger partial charge in [-0.3, -0.25) is 19.2 Å². The average Bonchev–Trinajstić information content (AvgIpc) is 2.79. The van der Waals surface area contributed by atoms with Crippen molar-refractivity contribution in [2.24, 2.45) is 23.3 Å². The fraction of sp³-hybridized carbons (Fsp3) is 0.560. The summed E-state index contributed by atoms with van der Waals surface area (Å²) in [5.74, 6) is -4.22. The molecule has 206 valence electrons. The second-order valence-corrected chi connectivity index (χ2v) is 9.80.